The lowest BCUT2D eigenvalue weighted by atomic mass is 10.2. The molecule has 0 aliphatic heterocycles. The average molecular weight is 435 g/mol. The number of hydrogen-bond acceptors (Lipinski definition) is 4. The van der Waals surface area contributed by atoms with Crippen LogP contribution >= 0.6 is 11.6 Å². The van der Waals surface area contributed by atoms with Crippen molar-refractivity contribution in [3.8, 4) is 11.5 Å². The number of nitrogens with one attached hydrogen (secondary N) is 2. The number of para-hydroxylation sites is 1. The van der Waals surface area contributed by atoms with Crippen LogP contribution in [0.1, 0.15) is 25.3 Å². The Morgan fingerprint density at radius 1 is 1.10 bits per heavy atom. The molecule has 0 radical (unpaired) electrons. The summed E-state index contributed by atoms with van der Waals surface area (Å²) < 4.78 is 24.1. The van der Waals surface area contributed by atoms with Crippen LogP contribution in [0.2, 0.25) is 5.02 Å². The summed E-state index contributed by atoms with van der Waals surface area (Å²) in [6.45, 7) is 6.21. The Morgan fingerprint density at radius 2 is 1.87 bits per heavy atom. The fraction of sp³-hybridized carbons (Fsp3) is 0.273. The highest BCUT2D eigenvalue weighted by Crippen LogP contribution is 2.20. The lowest BCUT2D eigenvalue weighted by Gasteiger charge is -2.12. The van der Waals surface area contributed by atoms with E-state index in [-0.39, 0.29) is 36.1 Å². The van der Waals surface area contributed by atoms with Gasteiger partial charge in [-0.1, -0.05) is 36.4 Å². The van der Waals surface area contributed by atoms with Gasteiger partial charge in [0.05, 0.1) is 11.6 Å². The van der Waals surface area contributed by atoms with E-state index in [1.165, 1.54) is 12.1 Å². The van der Waals surface area contributed by atoms with Crippen LogP contribution in [0.3, 0.4) is 0 Å². The molecule has 2 rings (SSSR count). The van der Waals surface area contributed by atoms with Gasteiger partial charge in [0.25, 0.3) is 5.91 Å². The van der Waals surface area contributed by atoms with Crippen molar-refractivity contribution in [2.75, 3.05) is 13.2 Å². The highest BCUT2D eigenvalue weighted by molar-refractivity contribution is 6.30. The molecule has 0 atom stereocenters. The van der Waals surface area contributed by atoms with Gasteiger partial charge in [-0.05, 0) is 31.5 Å². The van der Waals surface area contributed by atoms with Crippen LogP contribution in [-0.2, 0) is 16.1 Å². The maximum Gasteiger partial charge on any atom is 0.262 e. The Hall–Kier alpha value is -3.06. The van der Waals surface area contributed by atoms with E-state index in [9.17, 15) is 14.0 Å². The summed E-state index contributed by atoms with van der Waals surface area (Å²) >= 11 is 5.59. The molecule has 0 bridgehead atoms. The minimum Gasteiger partial charge on any atom is -0.494 e. The van der Waals surface area contributed by atoms with Gasteiger partial charge in [-0.15, -0.1) is 0 Å². The number of allylic oxidation sites excluding steroid dienone is 1. The van der Waals surface area contributed by atoms with Crippen LogP contribution in [0.4, 0.5) is 4.39 Å². The second-order valence-corrected chi connectivity index (χ2v) is 6.74. The van der Waals surface area contributed by atoms with Crippen molar-refractivity contribution >= 4 is 23.4 Å². The first-order valence-electron chi connectivity index (χ1n) is 9.42. The van der Waals surface area contributed by atoms with Gasteiger partial charge in [-0.25, -0.2) is 4.39 Å². The standard InChI is InChI=1S/C22H24ClFN2O4/c1-3-29-20-7-5-4-6-16(20)13-25-21(27)11-8-15(2)26-22(28)14-30-17-9-10-18(23)19(24)12-17/h4-7,9-10,12H,2-3,8,11,13-14H2,1H3,(H,25,27)(H,26,28). The molecule has 160 valence electrons. The molecule has 0 saturated carbocycles. The van der Waals surface area contributed by atoms with Crippen molar-refractivity contribution in [1.82, 2.24) is 10.6 Å². The van der Waals surface area contributed by atoms with Crippen molar-refractivity contribution in [1.29, 1.82) is 0 Å². The number of carbonyl (C=O) groups excluding carboxylic acids is 2. The summed E-state index contributed by atoms with van der Waals surface area (Å²) in [6.07, 6.45) is 0.444. The van der Waals surface area contributed by atoms with Crippen LogP contribution < -0.4 is 20.1 Å². The van der Waals surface area contributed by atoms with Gasteiger partial charge in [-0.3, -0.25) is 9.59 Å². The molecule has 2 amide bonds. The average Bonchev–Trinajstić information content (AvgIpc) is 2.72. The zero-order chi connectivity index (χ0) is 21.9. The minimum absolute atomic E-state index is 0.0279. The second kappa shape index (κ2) is 11.8. The molecular formula is C22H24ClFN2O4. The molecule has 0 unspecified atom stereocenters. The first-order chi connectivity index (χ1) is 14.4. The number of rotatable bonds is 11. The third kappa shape index (κ3) is 7.75. The minimum atomic E-state index is -0.631. The Morgan fingerprint density at radius 3 is 2.60 bits per heavy atom. The number of ether oxygens (including phenoxy) is 2. The summed E-state index contributed by atoms with van der Waals surface area (Å²) in [5.41, 5.74) is 1.27. The smallest absolute Gasteiger partial charge is 0.262 e. The lowest BCUT2D eigenvalue weighted by Crippen LogP contribution is -2.29. The molecule has 0 heterocycles. The van der Waals surface area contributed by atoms with E-state index in [1.54, 1.807) is 0 Å². The maximum atomic E-state index is 13.4. The first kappa shape index (κ1) is 23.2. The fourth-order valence-electron chi connectivity index (χ4n) is 2.50. The van der Waals surface area contributed by atoms with E-state index in [1.807, 2.05) is 31.2 Å². The van der Waals surface area contributed by atoms with Crippen molar-refractivity contribution in [3.05, 3.63) is 71.1 Å². The molecule has 0 saturated heterocycles. The fourth-order valence-corrected chi connectivity index (χ4v) is 2.62. The summed E-state index contributed by atoms with van der Waals surface area (Å²) in [5, 5.41) is 5.34. The van der Waals surface area contributed by atoms with E-state index in [0.29, 0.717) is 18.8 Å². The Kier molecular flexibility index (Phi) is 9.15. The zero-order valence-electron chi connectivity index (χ0n) is 16.7. The van der Waals surface area contributed by atoms with Crippen molar-refractivity contribution in [3.63, 3.8) is 0 Å². The lowest BCUT2D eigenvalue weighted by molar-refractivity contribution is -0.123. The number of hydrogen-bond donors (Lipinski definition) is 2. The Labute approximate surface area is 180 Å². The van der Waals surface area contributed by atoms with Gasteiger partial charge in [0.1, 0.15) is 17.3 Å². The number of amides is 2. The van der Waals surface area contributed by atoms with Crippen molar-refractivity contribution < 1.29 is 23.5 Å². The largest absolute Gasteiger partial charge is 0.494 e. The third-order valence-electron chi connectivity index (χ3n) is 3.98. The van der Waals surface area contributed by atoms with Gasteiger partial charge in [0.15, 0.2) is 6.61 Å². The van der Waals surface area contributed by atoms with Crippen LogP contribution in [0.25, 0.3) is 0 Å². The van der Waals surface area contributed by atoms with Gasteiger partial charge >= 0.3 is 0 Å². The zero-order valence-corrected chi connectivity index (χ0v) is 17.4. The van der Waals surface area contributed by atoms with Crippen molar-refractivity contribution in [2.24, 2.45) is 0 Å². The maximum absolute atomic E-state index is 13.4. The topological polar surface area (TPSA) is 76.7 Å². The van der Waals surface area contributed by atoms with E-state index < -0.39 is 11.7 Å². The van der Waals surface area contributed by atoms with Gasteiger partial charge in [-0.2, -0.15) is 0 Å². The molecular weight excluding hydrogens is 411 g/mol. The highest BCUT2D eigenvalue weighted by atomic mass is 35.5. The van der Waals surface area contributed by atoms with Crippen LogP contribution in [0.5, 0.6) is 11.5 Å². The third-order valence-corrected chi connectivity index (χ3v) is 4.29. The normalized spacial score (nSPS) is 10.2. The number of benzene rings is 2. The van der Waals surface area contributed by atoms with Crippen LogP contribution in [0, 0.1) is 5.82 Å². The van der Waals surface area contributed by atoms with Crippen LogP contribution in [0.15, 0.2) is 54.7 Å². The summed E-state index contributed by atoms with van der Waals surface area (Å²) in [7, 11) is 0. The van der Waals surface area contributed by atoms with Gasteiger partial charge < -0.3 is 20.1 Å². The molecule has 8 heteroatoms. The quantitative estimate of drug-likeness (QED) is 0.560. The van der Waals surface area contributed by atoms with Crippen molar-refractivity contribution in [2.45, 2.75) is 26.3 Å². The highest BCUT2D eigenvalue weighted by Gasteiger charge is 2.09. The molecule has 0 aliphatic rings. The van der Waals surface area contributed by atoms with E-state index in [2.05, 4.69) is 17.2 Å². The molecule has 2 aromatic rings. The summed E-state index contributed by atoms with van der Waals surface area (Å²) in [5.74, 6) is -0.346. The monoisotopic (exact) mass is 434 g/mol. The molecule has 6 nitrogen and oxygen atoms in total. The van der Waals surface area contributed by atoms with Crippen LogP contribution in [-0.4, -0.2) is 25.0 Å². The van der Waals surface area contributed by atoms with Gasteiger partial charge in [0.2, 0.25) is 5.91 Å². The second-order valence-electron chi connectivity index (χ2n) is 6.33. The molecule has 0 fully saturated rings. The SMILES string of the molecule is C=C(CCC(=O)NCc1ccccc1OCC)NC(=O)COc1ccc(Cl)c(F)c1. The molecule has 30 heavy (non-hydrogen) atoms. The summed E-state index contributed by atoms with van der Waals surface area (Å²) in [4.78, 5) is 24.0. The Balaban J connectivity index is 1.69. The molecule has 0 aromatic heterocycles. The molecule has 0 spiro atoms. The predicted octanol–water partition coefficient (Wildman–Crippen LogP) is 3.98. The number of carbonyl (C=O) groups is 2. The molecule has 2 N–H and O–H groups in total. The van der Waals surface area contributed by atoms with E-state index >= 15 is 0 Å². The predicted molar refractivity (Wildman–Crippen MR) is 113 cm³/mol. The molecule has 0 aliphatic carbocycles. The summed E-state index contributed by atoms with van der Waals surface area (Å²) in [6, 6.07) is 11.4. The first-order valence-corrected chi connectivity index (χ1v) is 9.79. The van der Waals surface area contributed by atoms with E-state index in [4.69, 9.17) is 21.1 Å². The molecule has 2 aromatic carbocycles. The Bertz CT molecular complexity index is 904. The van der Waals surface area contributed by atoms with E-state index in [0.717, 1.165) is 17.4 Å². The van der Waals surface area contributed by atoms with Gasteiger partial charge in [0, 0.05) is 30.3 Å². The number of halogens is 2.